The number of benzene rings is 1. The minimum Gasteiger partial charge on any atom is -0.494 e. The molecule has 0 saturated heterocycles. The second-order valence-corrected chi connectivity index (χ2v) is 2.66. The molecule has 15 heavy (non-hydrogen) atoms. The summed E-state index contributed by atoms with van der Waals surface area (Å²) in [6.45, 7) is 0. The van der Waals surface area contributed by atoms with E-state index in [4.69, 9.17) is 16.2 Å². The molecule has 0 radical (unpaired) electrons. The van der Waals surface area contributed by atoms with Crippen LogP contribution in [0.1, 0.15) is 5.56 Å². The van der Waals surface area contributed by atoms with Gasteiger partial charge in [0.15, 0.2) is 11.6 Å². The standard InChI is InChI=1S/C9H11FN4O/c1-15-8-4-6(2-3-7(8)10)5-13-14-9(11)12/h2-5H,1H3,(H4,11,12,14). The van der Waals surface area contributed by atoms with Crippen LogP contribution < -0.4 is 16.2 Å². The molecule has 0 aliphatic heterocycles. The van der Waals surface area contributed by atoms with Crippen LogP contribution in [-0.4, -0.2) is 19.3 Å². The van der Waals surface area contributed by atoms with Crippen molar-refractivity contribution in [2.75, 3.05) is 7.11 Å². The molecule has 0 aliphatic carbocycles. The number of hydrogen-bond donors (Lipinski definition) is 2. The zero-order chi connectivity index (χ0) is 11.3. The summed E-state index contributed by atoms with van der Waals surface area (Å²) in [5, 5.41) is 6.99. The number of nitrogens with zero attached hydrogens (tertiary/aromatic N) is 2. The summed E-state index contributed by atoms with van der Waals surface area (Å²) in [6, 6.07) is 4.29. The summed E-state index contributed by atoms with van der Waals surface area (Å²) >= 11 is 0. The fourth-order valence-corrected chi connectivity index (χ4v) is 0.919. The molecule has 0 spiro atoms. The Bertz CT molecular complexity index is 399. The van der Waals surface area contributed by atoms with Crippen LogP contribution in [0.5, 0.6) is 5.75 Å². The van der Waals surface area contributed by atoms with Crippen LogP contribution in [0, 0.1) is 5.82 Å². The highest BCUT2D eigenvalue weighted by atomic mass is 19.1. The molecule has 0 aromatic heterocycles. The molecule has 6 heteroatoms. The van der Waals surface area contributed by atoms with E-state index in [1.54, 1.807) is 0 Å². The normalized spacial score (nSPS) is 10.3. The number of methoxy groups -OCH3 is 1. The lowest BCUT2D eigenvalue weighted by Crippen LogP contribution is -2.21. The smallest absolute Gasteiger partial charge is 0.211 e. The van der Waals surface area contributed by atoms with Crippen molar-refractivity contribution in [3.05, 3.63) is 29.6 Å². The Morgan fingerprint density at radius 1 is 1.47 bits per heavy atom. The Balaban J connectivity index is 2.87. The first-order chi connectivity index (χ1) is 7.13. The minimum atomic E-state index is -0.434. The van der Waals surface area contributed by atoms with E-state index >= 15 is 0 Å². The highest BCUT2D eigenvalue weighted by Crippen LogP contribution is 2.16. The Hall–Kier alpha value is -2.11. The summed E-state index contributed by atoms with van der Waals surface area (Å²) in [5.74, 6) is -0.430. The molecule has 0 aliphatic rings. The number of hydrogen-bond acceptors (Lipinski definition) is 3. The molecule has 80 valence electrons. The lowest BCUT2D eigenvalue weighted by atomic mass is 10.2. The van der Waals surface area contributed by atoms with Crippen molar-refractivity contribution in [2.45, 2.75) is 0 Å². The Kier molecular flexibility index (Phi) is 3.61. The maximum absolute atomic E-state index is 13.0. The van der Waals surface area contributed by atoms with Crippen molar-refractivity contribution in [3.8, 4) is 5.75 Å². The molecule has 0 atom stereocenters. The molecule has 0 amide bonds. The van der Waals surface area contributed by atoms with Crippen LogP contribution in [-0.2, 0) is 0 Å². The van der Waals surface area contributed by atoms with Crippen LogP contribution in [0.2, 0.25) is 0 Å². The topological polar surface area (TPSA) is 86.0 Å². The highest BCUT2D eigenvalue weighted by molar-refractivity contribution is 5.82. The molecule has 0 saturated carbocycles. The van der Waals surface area contributed by atoms with Gasteiger partial charge in [-0.1, -0.05) is 6.07 Å². The number of nitrogens with two attached hydrogens (primary N) is 2. The third-order valence-electron chi connectivity index (χ3n) is 1.56. The van der Waals surface area contributed by atoms with Gasteiger partial charge in [-0.05, 0) is 17.7 Å². The molecule has 0 fully saturated rings. The van der Waals surface area contributed by atoms with Gasteiger partial charge in [0, 0.05) is 0 Å². The van der Waals surface area contributed by atoms with Crippen molar-refractivity contribution < 1.29 is 9.13 Å². The second-order valence-electron chi connectivity index (χ2n) is 2.66. The highest BCUT2D eigenvalue weighted by Gasteiger charge is 2.01. The number of guanidine groups is 1. The first kappa shape index (κ1) is 11.0. The quantitative estimate of drug-likeness (QED) is 0.431. The van der Waals surface area contributed by atoms with Gasteiger partial charge < -0.3 is 16.2 Å². The summed E-state index contributed by atoms with van der Waals surface area (Å²) in [6.07, 6.45) is 1.39. The molecule has 1 aromatic carbocycles. The molecule has 0 heterocycles. The third-order valence-corrected chi connectivity index (χ3v) is 1.56. The number of rotatable bonds is 3. The first-order valence-electron chi connectivity index (χ1n) is 4.09. The van der Waals surface area contributed by atoms with Gasteiger partial charge in [0.05, 0.1) is 13.3 Å². The number of halogens is 1. The number of ether oxygens (including phenoxy) is 1. The average Bonchev–Trinajstić information content (AvgIpc) is 2.20. The Labute approximate surface area is 86.2 Å². The molecule has 1 rings (SSSR count). The molecule has 0 unspecified atom stereocenters. The minimum absolute atomic E-state index is 0.139. The van der Waals surface area contributed by atoms with Crippen molar-refractivity contribution in [1.29, 1.82) is 0 Å². The van der Waals surface area contributed by atoms with Gasteiger partial charge in [-0.3, -0.25) is 0 Å². The lowest BCUT2D eigenvalue weighted by Gasteiger charge is -2.01. The van der Waals surface area contributed by atoms with E-state index < -0.39 is 5.82 Å². The van der Waals surface area contributed by atoms with E-state index in [0.29, 0.717) is 5.56 Å². The van der Waals surface area contributed by atoms with Crippen LogP contribution in [0.4, 0.5) is 4.39 Å². The third kappa shape index (κ3) is 3.26. The van der Waals surface area contributed by atoms with E-state index in [0.717, 1.165) is 0 Å². The van der Waals surface area contributed by atoms with Crippen LogP contribution in [0.15, 0.2) is 28.4 Å². The van der Waals surface area contributed by atoms with Crippen LogP contribution in [0.25, 0.3) is 0 Å². The van der Waals surface area contributed by atoms with Crippen molar-refractivity contribution in [3.63, 3.8) is 0 Å². The molecule has 4 N–H and O–H groups in total. The molecule has 1 aromatic rings. The summed E-state index contributed by atoms with van der Waals surface area (Å²) in [7, 11) is 1.38. The predicted molar refractivity (Wildman–Crippen MR) is 56.4 cm³/mol. The van der Waals surface area contributed by atoms with Crippen molar-refractivity contribution >= 4 is 12.2 Å². The largest absolute Gasteiger partial charge is 0.494 e. The zero-order valence-electron chi connectivity index (χ0n) is 8.14. The van der Waals surface area contributed by atoms with Gasteiger partial charge >= 0.3 is 0 Å². The Morgan fingerprint density at radius 3 is 2.80 bits per heavy atom. The van der Waals surface area contributed by atoms with Crippen LogP contribution in [0.3, 0.4) is 0 Å². The van der Waals surface area contributed by atoms with Crippen LogP contribution >= 0.6 is 0 Å². The summed E-state index contributed by atoms with van der Waals surface area (Å²) in [5.41, 5.74) is 10.8. The van der Waals surface area contributed by atoms with Gasteiger partial charge in [0.2, 0.25) is 5.96 Å². The van der Waals surface area contributed by atoms with Gasteiger partial charge in [-0.2, -0.15) is 5.10 Å². The molecular weight excluding hydrogens is 199 g/mol. The predicted octanol–water partition coefficient (Wildman–Crippen LogP) is 0.442. The van der Waals surface area contributed by atoms with Crippen molar-refractivity contribution in [1.82, 2.24) is 0 Å². The van der Waals surface area contributed by atoms with Gasteiger partial charge in [-0.25, -0.2) is 4.39 Å². The van der Waals surface area contributed by atoms with E-state index in [1.165, 1.54) is 31.5 Å². The SMILES string of the molecule is COc1cc(C=NN=C(N)N)ccc1F. The molecule has 0 bridgehead atoms. The lowest BCUT2D eigenvalue weighted by molar-refractivity contribution is 0.386. The maximum Gasteiger partial charge on any atom is 0.211 e. The molecular formula is C9H11FN4O. The molecule has 5 nitrogen and oxygen atoms in total. The van der Waals surface area contributed by atoms with Crippen molar-refractivity contribution in [2.24, 2.45) is 21.7 Å². The average molecular weight is 210 g/mol. The van der Waals surface area contributed by atoms with Gasteiger partial charge in [0.25, 0.3) is 0 Å². The Morgan fingerprint density at radius 2 is 2.20 bits per heavy atom. The monoisotopic (exact) mass is 210 g/mol. The van der Waals surface area contributed by atoms with E-state index in [-0.39, 0.29) is 11.7 Å². The fourth-order valence-electron chi connectivity index (χ4n) is 0.919. The first-order valence-corrected chi connectivity index (χ1v) is 4.09. The second kappa shape index (κ2) is 4.94. The van der Waals surface area contributed by atoms with Gasteiger partial charge in [0.1, 0.15) is 0 Å². The zero-order valence-corrected chi connectivity index (χ0v) is 8.14. The van der Waals surface area contributed by atoms with E-state index in [2.05, 4.69) is 10.2 Å². The van der Waals surface area contributed by atoms with Gasteiger partial charge in [-0.15, -0.1) is 5.10 Å². The summed E-state index contributed by atoms with van der Waals surface area (Å²) < 4.78 is 17.8. The van der Waals surface area contributed by atoms with E-state index in [9.17, 15) is 4.39 Å². The fraction of sp³-hybridized carbons (Fsp3) is 0.111. The van der Waals surface area contributed by atoms with E-state index in [1.807, 2.05) is 0 Å². The maximum atomic E-state index is 13.0. The summed E-state index contributed by atoms with van der Waals surface area (Å²) in [4.78, 5) is 0.